The number of carbonyl (C=O) groups excluding carboxylic acids is 1. The Labute approximate surface area is 151 Å². The molecule has 0 aromatic rings. The summed E-state index contributed by atoms with van der Waals surface area (Å²) in [4.78, 5) is 11.5. The summed E-state index contributed by atoms with van der Waals surface area (Å²) in [5, 5.41) is 0. The van der Waals surface area contributed by atoms with E-state index in [9.17, 15) is 21.6 Å². The van der Waals surface area contributed by atoms with Crippen LogP contribution in [0.4, 0.5) is 0 Å². The molecule has 0 spiro atoms. The molecule has 0 radical (unpaired) electrons. The number of carbonyl (C=O) groups is 1. The van der Waals surface area contributed by atoms with Crippen LogP contribution in [0.5, 0.6) is 0 Å². The topological polar surface area (TPSA) is 115 Å². The Morgan fingerprint density at radius 2 is 1.68 bits per heavy atom. The highest BCUT2D eigenvalue weighted by Crippen LogP contribution is 2.16. The van der Waals surface area contributed by atoms with Crippen molar-refractivity contribution in [2.45, 2.75) is 69.3 Å². The van der Waals surface area contributed by atoms with Crippen LogP contribution < -0.4 is 0 Å². The van der Waals surface area contributed by atoms with Gasteiger partial charge in [0.2, 0.25) is 0 Å². The fourth-order valence-electron chi connectivity index (χ4n) is 2.26. The van der Waals surface area contributed by atoms with Gasteiger partial charge in [0, 0.05) is 12.7 Å². The van der Waals surface area contributed by atoms with E-state index >= 15 is 0 Å². The zero-order valence-corrected chi connectivity index (χ0v) is 16.6. The van der Waals surface area contributed by atoms with Crippen molar-refractivity contribution in [1.82, 2.24) is 0 Å². The summed E-state index contributed by atoms with van der Waals surface area (Å²) in [5.41, 5.74) is 0. The molecule has 0 rings (SSSR count). The number of ether oxygens (including phenoxy) is 1. The van der Waals surface area contributed by atoms with Crippen molar-refractivity contribution in [3.8, 4) is 0 Å². The van der Waals surface area contributed by atoms with Crippen LogP contribution in [-0.2, 0) is 29.5 Å². The van der Waals surface area contributed by atoms with E-state index in [1.165, 1.54) is 0 Å². The number of unbranched alkanes of at least 4 members (excludes halogenated alkanes) is 4. The highest BCUT2D eigenvalue weighted by atomic mass is 32.3. The van der Waals surface area contributed by atoms with Crippen LogP contribution in [0.15, 0.2) is 12.2 Å². The largest absolute Gasteiger partial charge is 0.466 e. The third kappa shape index (κ3) is 13.0. The molecule has 0 saturated heterocycles. The second kappa shape index (κ2) is 12.4. The average Bonchev–Trinajstić information content (AvgIpc) is 2.47. The van der Waals surface area contributed by atoms with E-state index in [4.69, 9.17) is 9.29 Å². The Balaban J connectivity index is 3.81. The molecule has 0 amide bonds. The SMILES string of the molecule is CC/C=C/CCCOC(=O)CCCCCCC(S(C)(=O)=O)S(=O)(=O)O. The van der Waals surface area contributed by atoms with Gasteiger partial charge in [-0.25, -0.2) is 8.42 Å². The molecule has 0 heterocycles. The number of esters is 1. The van der Waals surface area contributed by atoms with Crippen molar-refractivity contribution in [2.24, 2.45) is 0 Å². The number of allylic oxidation sites excluding steroid dienone is 2. The summed E-state index contributed by atoms with van der Waals surface area (Å²) in [6, 6.07) is 0. The maximum absolute atomic E-state index is 11.5. The van der Waals surface area contributed by atoms with Gasteiger partial charge in [-0.2, -0.15) is 8.42 Å². The highest BCUT2D eigenvalue weighted by molar-refractivity contribution is 8.06. The third-order valence-corrected chi connectivity index (χ3v) is 7.43. The van der Waals surface area contributed by atoms with Gasteiger partial charge in [0.15, 0.2) is 14.4 Å². The number of hydrogen-bond donors (Lipinski definition) is 1. The maximum Gasteiger partial charge on any atom is 0.305 e. The molecule has 1 unspecified atom stereocenters. The molecule has 0 aliphatic carbocycles. The van der Waals surface area contributed by atoms with Crippen LogP contribution in [0, 0.1) is 0 Å². The van der Waals surface area contributed by atoms with E-state index in [1.54, 1.807) is 0 Å². The van der Waals surface area contributed by atoms with Crippen molar-refractivity contribution >= 4 is 25.9 Å². The van der Waals surface area contributed by atoms with Crippen LogP contribution in [0.3, 0.4) is 0 Å². The van der Waals surface area contributed by atoms with E-state index in [-0.39, 0.29) is 12.4 Å². The first-order valence-corrected chi connectivity index (χ1v) is 12.0. The lowest BCUT2D eigenvalue weighted by atomic mass is 10.1. The molecule has 25 heavy (non-hydrogen) atoms. The number of rotatable bonds is 14. The monoisotopic (exact) mass is 398 g/mol. The molecular formula is C16H30O7S2. The fraction of sp³-hybridized carbons (Fsp3) is 0.812. The van der Waals surface area contributed by atoms with Gasteiger partial charge in [-0.1, -0.05) is 38.3 Å². The Morgan fingerprint density at radius 3 is 2.24 bits per heavy atom. The number of hydrogen-bond acceptors (Lipinski definition) is 6. The van der Waals surface area contributed by atoms with Gasteiger partial charge in [-0.15, -0.1) is 0 Å². The minimum Gasteiger partial charge on any atom is -0.466 e. The lowest BCUT2D eigenvalue weighted by Gasteiger charge is -2.11. The summed E-state index contributed by atoms with van der Waals surface area (Å²) in [7, 11) is -8.48. The van der Waals surface area contributed by atoms with Gasteiger partial charge < -0.3 is 4.74 Å². The van der Waals surface area contributed by atoms with Gasteiger partial charge >= 0.3 is 5.97 Å². The number of sulfone groups is 1. The lowest BCUT2D eigenvalue weighted by molar-refractivity contribution is -0.143. The maximum atomic E-state index is 11.5. The van der Waals surface area contributed by atoms with Gasteiger partial charge in [0.1, 0.15) is 0 Å². The summed E-state index contributed by atoms with van der Waals surface area (Å²) < 4.78 is 57.2. The Kier molecular flexibility index (Phi) is 12.0. The molecule has 0 aromatic carbocycles. The average molecular weight is 399 g/mol. The van der Waals surface area contributed by atoms with Crippen molar-refractivity contribution in [3.05, 3.63) is 12.2 Å². The van der Waals surface area contributed by atoms with Crippen LogP contribution in [0.25, 0.3) is 0 Å². The first-order chi connectivity index (χ1) is 11.6. The predicted octanol–water partition coefficient (Wildman–Crippen LogP) is 2.88. The Morgan fingerprint density at radius 1 is 1.04 bits per heavy atom. The van der Waals surface area contributed by atoms with Crippen LogP contribution >= 0.6 is 0 Å². The first-order valence-electron chi connectivity index (χ1n) is 8.54. The molecule has 0 aliphatic heterocycles. The molecule has 0 aromatic heterocycles. The third-order valence-electron chi connectivity index (χ3n) is 3.56. The Hall–Kier alpha value is -0.930. The fourth-order valence-corrected chi connectivity index (χ4v) is 5.09. The zero-order chi connectivity index (χ0) is 19.3. The molecule has 148 valence electrons. The molecule has 0 bridgehead atoms. The van der Waals surface area contributed by atoms with Gasteiger partial charge in [-0.05, 0) is 32.1 Å². The summed E-state index contributed by atoms with van der Waals surface area (Å²) >= 11 is 0. The van der Waals surface area contributed by atoms with Gasteiger partial charge in [0.05, 0.1) is 6.61 Å². The standard InChI is InChI=1S/C16H30O7S2/c1-3-4-5-8-11-14-23-15(17)12-9-6-7-10-13-16(24(2,18)19)25(20,21)22/h4-5,16H,3,6-14H2,1-2H3,(H,20,21,22)/b5-4+. The first kappa shape index (κ1) is 24.1. The molecule has 0 saturated carbocycles. The second-order valence-corrected chi connectivity index (χ2v) is 10.1. The van der Waals surface area contributed by atoms with Crippen LogP contribution in [0.1, 0.15) is 64.7 Å². The minimum atomic E-state index is -4.61. The lowest BCUT2D eigenvalue weighted by Crippen LogP contribution is -2.29. The molecule has 0 fully saturated rings. The molecule has 1 atom stereocenters. The summed E-state index contributed by atoms with van der Waals surface area (Å²) in [6.45, 7) is 2.46. The van der Waals surface area contributed by atoms with Crippen molar-refractivity contribution in [2.75, 3.05) is 12.9 Å². The second-order valence-electron chi connectivity index (χ2n) is 5.97. The summed E-state index contributed by atoms with van der Waals surface area (Å²) in [5.74, 6) is -0.258. The van der Waals surface area contributed by atoms with E-state index in [2.05, 4.69) is 19.1 Å². The van der Waals surface area contributed by atoms with Crippen molar-refractivity contribution in [3.63, 3.8) is 0 Å². The highest BCUT2D eigenvalue weighted by Gasteiger charge is 2.32. The molecule has 9 heteroatoms. The molecular weight excluding hydrogens is 368 g/mol. The van der Waals surface area contributed by atoms with E-state index < -0.39 is 24.5 Å². The van der Waals surface area contributed by atoms with E-state index in [0.717, 1.165) is 25.5 Å². The van der Waals surface area contributed by atoms with Gasteiger partial charge in [0.25, 0.3) is 10.1 Å². The molecule has 7 nitrogen and oxygen atoms in total. The van der Waals surface area contributed by atoms with Crippen LogP contribution in [-0.4, -0.2) is 44.8 Å². The Bertz CT molecular complexity index is 574. The predicted molar refractivity (Wildman–Crippen MR) is 97.5 cm³/mol. The van der Waals surface area contributed by atoms with Crippen molar-refractivity contribution in [1.29, 1.82) is 0 Å². The zero-order valence-electron chi connectivity index (χ0n) is 15.0. The summed E-state index contributed by atoms with van der Waals surface area (Å²) in [6.07, 6.45) is 9.93. The normalized spacial score (nSPS) is 13.9. The minimum absolute atomic E-state index is 0.145. The van der Waals surface area contributed by atoms with E-state index in [0.29, 0.717) is 38.7 Å². The quantitative estimate of drug-likeness (QED) is 0.207. The van der Waals surface area contributed by atoms with Crippen LogP contribution in [0.2, 0.25) is 0 Å². The van der Waals surface area contributed by atoms with Crippen molar-refractivity contribution < 1.29 is 30.9 Å². The molecule has 0 aliphatic rings. The smallest absolute Gasteiger partial charge is 0.305 e. The van der Waals surface area contributed by atoms with E-state index in [1.807, 2.05) is 0 Å². The van der Waals surface area contributed by atoms with Gasteiger partial charge in [-0.3, -0.25) is 9.35 Å². The molecule has 1 N–H and O–H groups in total.